The minimum absolute atomic E-state index is 0.00838. The second-order valence-corrected chi connectivity index (χ2v) is 2.78. The molecule has 14 heavy (non-hydrogen) atoms. The predicted molar refractivity (Wildman–Crippen MR) is 51.0 cm³/mol. The highest BCUT2D eigenvalue weighted by molar-refractivity contribution is 5.98. The van der Waals surface area contributed by atoms with E-state index >= 15 is 0 Å². The highest BCUT2D eigenvalue weighted by Gasteiger charge is 2.14. The van der Waals surface area contributed by atoms with E-state index in [4.69, 9.17) is 10.5 Å². The number of ether oxygens (including phenoxy) is 1. The van der Waals surface area contributed by atoms with Crippen LogP contribution in [0.25, 0.3) is 0 Å². The summed E-state index contributed by atoms with van der Waals surface area (Å²) in [5.41, 5.74) is 5.49. The summed E-state index contributed by atoms with van der Waals surface area (Å²) in [6, 6.07) is 4.25. The van der Waals surface area contributed by atoms with Crippen LogP contribution in [0.15, 0.2) is 18.2 Å². The number of benzene rings is 1. The molecule has 4 heteroatoms. The van der Waals surface area contributed by atoms with E-state index in [9.17, 15) is 9.18 Å². The zero-order chi connectivity index (χ0) is 10.6. The molecule has 0 aromatic heterocycles. The summed E-state index contributed by atoms with van der Waals surface area (Å²) in [6.45, 7) is 0.249. The van der Waals surface area contributed by atoms with Crippen molar-refractivity contribution in [1.82, 2.24) is 0 Å². The Kier molecular flexibility index (Phi) is 3.59. The quantitative estimate of drug-likeness (QED) is 0.741. The molecule has 2 N–H and O–H groups in total. The van der Waals surface area contributed by atoms with Gasteiger partial charge in [0, 0.05) is 6.42 Å². The lowest BCUT2D eigenvalue weighted by molar-refractivity contribution is 0.0981. The lowest BCUT2D eigenvalue weighted by Gasteiger charge is -2.07. The molecular weight excluding hydrogens is 185 g/mol. The number of carbonyl (C=O) groups excluding carboxylic acids is 1. The van der Waals surface area contributed by atoms with E-state index in [2.05, 4.69) is 0 Å². The average molecular weight is 197 g/mol. The van der Waals surface area contributed by atoms with E-state index in [1.807, 2.05) is 0 Å². The van der Waals surface area contributed by atoms with Crippen LogP contribution < -0.4 is 10.5 Å². The number of ketones is 1. The summed E-state index contributed by atoms with van der Waals surface area (Å²) >= 11 is 0. The molecule has 0 saturated heterocycles. The van der Waals surface area contributed by atoms with E-state index in [1.54, 1.807) is 0 Å². The van der Waals surface area contributed by atoms with Gasteiger partial charge in [-0.3, -0.25) is 4.79 Å². The maximum atomic E-state index is 13.1. The molecule has 0 radical (unpaired) electrons. The average Bonchev–Trinajstić information content (AvgIpc) is 2.17. The Balaban J connectivity index is 3.07. The van der Waals surface area contributed by atoms with Gasteiger partial charge in [0.25, 0.3) is 0 Å². The Morgan fingerprint density at radius 1 is 1.57 bits per heavy atom. The number of halogens is 1. The molecule has 0 spiro atoms. The third-order valence-corrected chi connectivity index (χ3v) is 1.84. The Labute approximate surface area is 81.7 Å². The number of carbonyl (C=O) groups is 1. The number of rotatable bonds is 4. The minimum Gasteiger partial charge on any atom is -0.493 e. The van der Waals surface area contributed by atoms with Crippen molar-refractivity contribution in [2.45, 2.75) is 6.42 Å². The molecule has 76 valence electrons. The highest BCUT2D eigenvalue weighted by atomic mass is 19.1. The molecule has 3 nitrogen and oxygen atoms in total. The SMILES string of the molecule is COc1c(F)cccc1C(=O)CCN. The summed E-state index contributed by atoms with van der Waals surface area (Å²) in [6.07, 6.45) is 0.194. The molecule has 0 unspecified atom stereocenters. The van der Waals surface area contributed by atoms with Crippen LogP contribution in [0.1, 0.15) is 16.8 Å². The van der Waals surface area contributed by atoms with E-state index < -0.39 is 5.82 Å². The van der Waals surface area contributed by atoms with Crippen molar-refractivity contribution in [2.24, 2.45) is 5.73 Å². The van der Waals surface area contributed by atoms with E-state index in [0.29, 0.717) is 0 Å². The van der Waals surface area contributed by atoms with Gasteiger partial charge in [-0.2, -0.15) is 0 Å². The lowest BCUT2D eigenvalue weighted by atomic mass is 10.1. The van der Waals surface area contributed by atoms with Crippen molar-refractivity contribution < 1.29 is 13.9 Å². The zero-order valence-corrected chi connectivity index (χ0v) is 7.92. The smallest absolute Gasteiger partial charge is 0.167 e. The Morgan fingerprint density at radius 3 is 2.86 bits per heavy atom. The standard InChI is InChI=1S/C10H12FNO2/c1-14-10-7(9(13)5-6-12)3-2-4-8(10)11/h2-4H,5-6,12H2,1H3. The molecule has 0 fully saturated rings. The fourth-order valence-corrected chi connectivity index (χ4v) is 1.20. The molecule has 0 aliphatic rings. The topological polar surface area (TPSA) is 52.3 Å². The summed E-state index contributed by atoms with van der Waals surface area (Å²) in [7, 11) is 1.33. The molecule has 0 bridgehead atoms. The first-order valence-electron chi connectivity index (χ1n) is 4.26. The van der Waals surface area contributed by atoms with Crippen LogP contribution in [-0.2, 0) is 0 Å². The largest absolute Gasteiger partial charge is 0.493 e. The molecular formula is C10H12FNO2. The first-order chi connectivity index (χ1) is 6.70. The molecule has 0 saturated carbocycles. The van der Waals surface area contributed by atoms with Gasteiger partial charge in [-0.25, -0.2) is 4.39 Å². The number of nitrogens with two attached hydrogens (primary N) is 1. The van der Waals surface area contributed by atoms with Gasteiger partial charge in [-0.1, -0.05) is 6.07 Å². The van der Waals surface area contributed by atoms with Gasteiger partial charge in [-0.05, 0) is 18.7 Å². The van der Waals surface area contributed by atoms with Crippen molar-refractivity contribution in [3.05, 3.63) is 29.6 Å². The second kappa shape index (κ2) is 4.72. The van der Waals surface area contributed by atoms with Gasteiger partial charge >= 0.3 is 0 Å². The fraction of sp³-hybridized carbons (Fsp3) is 0.300. The van der Waals surface area contributed by atoms with Crippen molar-refractivity contribution in [2.75, 3.05) is 13.7 Å². The predicted octanol–water partition coefficient (Wildman–Crippen LogP) is 1.37. The number of methoxy groups -OCH3 is 1. The Bertz CT molecular complexity index is 339. The maximum Gasteiger partial charge on any atom is 0.167 e. The van der Waals surface area contributed by atoms with Gasteiger partial charge in [-0.15, -0.1) is 0 Å². The maximum absolute atomic E-state index is 13.1. The van der Waals surface area contributed by atoms with E-state index in [1.165, 1.54) is 25.3 Å². The molecule has 0 atom stereocenters. The first-order valence-corrected chi connectivity index (χ1v) is 4.26. The van der Waals surface area contributed by atoms with Crippen molar-refractivity contribution >= 4 is 5.78 Å². The molecule has 0 aliphatic carbocycles. The molecule has 0 aliphatic heterocycles. The van der Waals surface area contributed by atoms with Gasteiger partial charge in [0.05, 0.1) is 12.7 Å². The molecule has 1 aromatic carbocycles. The number of Topliss-reactive ketones (excluding diaryl/α,β-unsaturated/α-hetero) is 1. The van der Waals surface area contributed by atoms with Crippen molar-refractivity contribution in [1.29, 1.82) is 0 Å². The van der Waals surface area contributed by atoms with Crippen LogP contribution in [0.4, 0.5) is 4.39 Å². The summed E-state index contributed by atoms with van der Waals surface area (Å²) in [5, 5.41) is 0. The van der Waals surface area contributed by atoms with Crippen molar-refractivity contribution in [3.63, 3.8) is 0 Å². The third-order valence-electron chi connectivity index (χ3n) is 1.84. The number of hydrogen-bond acceptors (Lipinski definition) is 3. The third kappa shape index (κ3) is 2.09. The number of para-hydroxylation sites is 1. The van der Waals surface area contributed by atoms with Crippen LogP contribution in [0.5, 0.6) is 5.75 Å². The van der Waals surface area contributed by atoms with Crippen molar-refractivity contribution in [3.8, 4) is 5.75 Å². The fourth-order valence-electron chi connectivity index (χ4n) is 1.20. The van der Waals surface area contributed by atoms with Gasteiger partial charge in [0.1, 0.15) is 0 Å². The monoisotopic (exact) mass is 197 g/mol. The van der Waals surface area contributed by atoms with E-state index in [0.717, 1.165) is 0 Å². The van der Waals surface area contributed by atoms with Crippen LogP contribution in [0.3, 0.4) is 0 Å². The molecule has 0 heterocycles. The van der Waals surface area contributed by atoms with Crippen LogP contribution in [0.2, 0.25) is 0 Å². The summed E-state index contributed by atoms with van der Waals surface area (Å²) in [4.78, 5) is 11.4. The van der Waals surface area contributed by atoms with Crippen LogP contribution >= 0.6 is 0 Å². The first kappa shape index (κ1) is 10.7. The summed E-state index contributed by atoms with van der Waals surface area (Å²) in [5.74, 6) is -0.745. The number of hydrogen-bond donors (Lipinski definition) is 1. The van der Waals surface area contributed by atoms with Gasteiger partial charge < -0.3 is 10.5 Å². The second-order valence-electron chi connectivity index (χ2n) is 2.78. The van der Waals surface area contributed by atoms with E-state index in [-0.39, 0.29) is 30.1 Å². The lowest BCUT2D eigenvalue weighted by Crippen LogP contribution is -2.09. The van der Waals surface area contributed by atoms with Gasteiger partial charge in [0.2, 0.25) is 0 Å². The molecule has 1 rings (SSSR count). The minimum atomic E-state index is -0.532. The van der Waals surface area contributed by atoms with Crippen LogP contribution in [0, 0.1) is 5.82 Å². The highest BCUT2D eigenvalue weighted by Crippen LogP contribution is 2.23. The normalized spacial score (nSPS) is 9.93. The Hall–Kier alpha value is -1.42. The molecule has 1 aromatic rings. The van der Waals surface area contributed by atoms with Crippen LogP contribution in [-0.4, -0.2) is 19.4 Å². The molecule has 0 amide bonds. The summed E-state index contributed by atoms with van der Waals surface area (Å²) < 4.78 is 17.9. The van der Waals surface area contributed by atoms with Gasteiger partial charge in [0.15, 0.2) is 17.3 Å². The zero-order valence-electron chi connectivity index (χ0n) is 7.92. The Morgan fingerprint density at radius 2 is 2.29 bits per heavy atom.